The number of amides is 1. The van der Waals surface area contributed by atoms with Gasteiger partial charge in [0.25, 0.3) is 11.7 Å². The maximum atomic E-state index is 12.8. The van der Waals surface area contributed by atoms with Crippen molar-refractivity contribution in [2.24, 2.45) is 0 Å². The van der Waals surface area contributed by atoms with Crippen molar-refractivity contribution < 1.29 is 9.59 Å². The number of Topliss-reactive ketones (excluding diaryl/α,β-unsaturated/α-hetero) is 1. The first-order valence-electron chi connectivity index (χ1n) is 8.79. The Morgan fingerprint density at radius 1 is 1.00 bits per heavy atom. The zero-order valence-electron chi connectivity index (χ0n) is 15.7. The molecular weight excluding hydrogens is 372 g/mol. The molecule has 6 nitrogen and oxygen atoms in total. The molecule has 4 rings (SSSR count). The lowest BCUT2D eigenvalue weighted by Gasteiger charge is -2.05. The van der Waals surface area contributed by atoms with E-state index in [9.17, 15) is 9.59 Å². The van der Waals surface area contributed by atoms with Crippen molar-refractivity contribution in [3.8, 4) is 5.69 Å². The fraction of sp³-hybridized carbons (Fsp3) is 0.143. The normalized spacial score (nSPS) is 11.0. The number of nitrogens with one attached hydrogen (secondary N) is 1. The number of para-hydroxylation sites is 2. The van der Waals surface area contributed by atoms with E-state index < -0.39 is 11.7 Å². The summed E-state index contributed by atoms with van der Waals surface area (Å²) in [5.74, 6) is -1.33. The third kappa shape index (κ3) is 3.10. The topological polar surface area (TPSA) is 76.9 Å². The monoisotopic (exact) mass is 390 g/mol. The van der Waals surface area contributed by atoms with Crippen LogP contribution in [-0.4, -0.2) is 26.5 Å². The van der Waals surface area contributed by atoms with Gasteiger partial charge >= 0.3 is 0 Å². The van der Waals surface area contributed by atoms with Crippen LogP contribution in [0.1, 0.15) is 27.3 Å². The molecule has 2 heterocycles. The Labute approximate surface area is 165 Å². The summed E-state index contributed by atoms with van der Waals surface area (Å²) in [4.78, 5) is 29.9. The van der Waals surface area contributed by atoms with Crippen LogP contribution in [0.4, 0.5) is 5.13 Å². The fourth-order valence-electron chi connectivity index (χ4n) is 3.20. The molecule has 0 atom stereocenters. The van der Waals surface area contributed by atoms with Crippen LogP contribution in [0.3, 0.4) is 0 Å². The molecule has 0 bridgehead atoms. The maximum absolute atomic E-state index is 12.8. The van der Waals surface area contributed by atoms with Crippen LogP contribution >= 0.6 is 11.3 Å². The Bertz CT molecular complexity index is 1210. The Morgan fingerprint density at radius 2 is 1.75 bits per heavy atom. The molecule has 140 valence electrons. The van der Waals surface area contributed by atoms with Gasteiger partial charge in [-0.2, -0.15) is 5.10 Å². The van der Waals surface area contributed by atoms with Gasteiger partial charge in [0.2, 0.25) is 0 Å². The highest BCUT2D eigenvalue weighted by Crippen LogP contribution is 2.28. The minimum absolute atomic E-state index is 0.318. The van der Waals surface area contributed by atoms with Crippen LogP contribution in [0.15, 0.2) is 48.5 Å². The van der Waals surface area contributed by atoms with Crippen molar-refractivity contribution >= 4 is 38.4 Å². The number of nitrogens with zero attached hydrogens (tertiary/aromatic N) is 3. The predicted molar refractivity (Wildman–Crippen MR) is 110 cm³/mol. The molecule has 2 aromatic heterocycles. The first kappa shape index (κ1) is 18.1. The Balaban J connectivity index is 1.63. The summed E-state index contributed by atoms with van der Waals surface area (Å²) in [5, 5.41) is 7.49. The molecule has 0 saturated carbocycles. The molecule has 2 aromatic carbocycles. The number of anilines is 1. The van der Waals surface area contributed by atoms with Gasteiger partial charge in [-0.1, -0.05) is 41.7 Å². The molecule has 0 aliphatic carbocycles. The second kappa shape index (κ2) is 7.01. The van der Waals surface area contributed by atoms with Crippen LogP contribution in [-0.2, 0) is 4.79 Å². The number of rotatable bonds is 4. The number of fused-ring (bicyclic) bond motifs is 1. The first-order valence-corrected chi connectivity index (χ1v) is 9.61. The highest BCUT2D eigenvalue weighted by Gasteiger charge is 2.26. The quantitative estimate of drug-likeness (QED) is 0.418. The molecule has 0 saturated heterocycles. The molecule has 7 heteroatoms. The zero-order valence-corrected chi connectivity index (χ0v) is 16.5. The molecule has 1 amide bonds. The van der Waals surface area contributed by atoms with Gasteiger partial charge in [0.1, 0.15) is 0 Å². The van der Waals surface area contributed by atoms with E-state index in [2.05, 4.69) is 15.4 Å². The number of carbonyl (C=O) groups is 2. The lowest BCUT2D eigenvalue weighted by Crippen LogP contribution is -2.24. The maximum Gasteiger partial charge on any atom is 0.298 e. The fourth-order valence-corrected chi connectivity index (χ4v) is 4.14. The molecule has 0 fully saturated rings. The van der Waals surface area contributed by atoms with E-state index in [4.69, 9.17) is 0 Å². The smallest absolute Gasteiger partial charge is 0.295 e. The van der Waals surface area contributed by atoms with E-state index in [1.165, 1.54) is 11.3 Å². The average molecular weight is 390 g/mol. The molecule has 4 aromatic rings. The number of aromatic nitrogens is 3. The number of hydrogen-bond acceptors (Lipinski definition) is 5. The third-order valence-electron chi connectivity index (χ3n) is 4.57. The van der Waals surface area contributed by atoms with Crippen LogP contribution in [0.2, 0.25) is 0 Å². The average Bonchev–Trinajstić information content (AvgIpc) is 3.23. The second-order valence-corrected chi connectivity index (χ2v) is 7.55. The molecule has 0 unspecified atom stereocenters. The molecule has 0 radical (unpaired) electrons. The molecule has 0 aliphatic heterocycles. The van der Waals surface area contributed by atoms with Crippen LogP contribution in [0, 0.1) is 20.8 Å². The Morgan fingerprint density at radius 3 is 2.46 bits per heavy atom. The van der Waals surface area contributed by atoms with Crippen LogP contribution < -0.4 is 5.32 Å². The number of aryl methyl sites for hydroxylation is 2. The summed E-state index contributed by atoms with van der Waals surface area (Å²) in [6.07, 6.45) is 0. The Hall–Kier alpha value is -3.32. The van der Waals surface area contributed by atoms with E-state index in [0.717, 1.165) is 21.5 Å². The van der Waals surface area contributed by atoms with E-state index in [1.807, 2.05) is 55.5 Å². The standard InChI is InChI=1S/C21H18N4O2S/c1-12-8-7-11-16-18(12)22-21(28-16)23-20(27)19(26)17-13(2)24-25(14(17)3)15-9-5-4-6-10-15/h4-11H,1-3H3,(H,22,23,27). The third-order valence-corrected chi connectivity index (χ3v) is 5.50. The van der Waals surface area contributed by atoms with Crippen LogP contribution in [0.5, 0.6) is 0 Å². The summed E-state index contributed by atoms with van der Waals surface area (Å²) in [7, 11) is 0. The predicted octanol–water partition coefficient (Wildman–Crippen LogP) is 4.23. The summed E-state index contributed by atoms with van der Waals surface area (Å²) in [6, 6.07) is 15.4. The van der Waals surface area contributed by atoms with Crippen molar-refractivity contribution in [3.05, 3.63) is 71.0 Å². The van der Waals surface area contributed by atoms with Gasteiger partial charge in [0.15, 0.2) is 5.13 Å². The van der Waals surface area contributed by atoms with Crippen molar-refractivity contribution in [2.75, 3.05) is 5.32 Å². The van der Waals surface area contributed by atoms with Crippen molar-refractivity contribution in [3.63, 3.8) is 0 Å². The van der Waals surface area contributed by atoms with Crippen molar-refractivity contribution in [1.29, 1.82) is 0 Å². The summed E-state index contributed by atoms with van der Waals surface area (Å²) < 4.78 is 2.64. The molecule has 28 heavy (non-hydrogen) atoms. The number of ketones is 1. The highest BCUT2D eigenvalue weighted by atomic mass is 32.1. The number of thiazole rings is 1. The van der Waals surface area contributed by atoms with Gasteiger partial charge in [0, 0.05) is 0 Å². The highest BCUT2D eigenvalue weighted by molar-refractivity contribution is 7.22. The minimum atomic E-state index is -0.712. The molecule has 1 N–H and O–H groups in total. The minimum Gasteiger partial charge on any atom is -0.295 e. The number of hydrogen-bond donors (Lipinski definition) is 1. The molecular formula is C21H18N4O2S. The summed E-state index contributed by atoms with van der Waals surface area (Å²) >= 11 is 1.35. The van der Waals surface area contributed by atoms with Gasteiger partial charge in [-0.15, -0.1) is 0 Å². The molecule has 0 aliphatic rings. The van der Waals surface area contributed by atoms with Crippen molar-refractivity contribution in [1.82, 2.24) is 14.8 Å². The Kier molecular flexibility index (Phi) is 4.52. The summed E-state index contributed by atoms with van der Waals surface area (Å²) in [5.41, 5.74) is 4.16. The summed E-state index contributed by atoms with van der Waals surface area (Å²) in [6.45, 7) is 5.48. The zero-order chi connectivity index (χ0) is 19.8. The van der Waals surface area contributed by atoms with Gasteiger partial charge in [-0.3, -0.25) is 14.9 Å². The first-order chi connectivity index (χ1) is 13.5. The van der Waals surface area contributed by atoms with Gasteiger partial charge in [-0.25, -0.2) is 9.67 Å². The second-order valence-electron chi connectivity index (χ2n) is 6.52. The van der Waals surface area contributed by atoms with E-state index in [1.54, 1.807) is 18.5 Å². The number of carbonyl (C=O) groups excluding carboxylic acids is 2. The van der Waals surface area contributed by atoms with E-state index in [0.29, 0.717) is 22.1 Å². The SMILES string of the molecule is Cc1nn(-c2ccccc2)c(C)c1C(=O)C(=O)Nc1nc2c(C)cccc2s1. The van der Waals surface area contributed by atoms with Gasteiger partial charge < -0.3 is 0 Å². The van der Waals surface area contributed by atoms with Gasteiger partial charge in [-0.05, 0) is 44.5 Å². The lowest BCUT2D eigenvalue weighted by molar-refractivity contribution is -0.112. The lowest BCUT2D eigenvalue weighted by atomic mass is 10.1. The number of benzene rings is 2. The largest absolute Gasteiger partial charge is 0.298 e. The van der Waals surface area contributed by atoms with Crippen molar-refractivity contribution in [2.45, 2.75) is 20.8 Å². The van der Waals surface area contributed by atoms with Crippen LogP contribution in [0.25, 0.3) is 15.9 Å². The van der Waals surface area contributed by atoms with E-state index in [-0.39, 0.29) is 0 Å². The van der Waals surface area contributed by atoms with Gasteiger partial charge in [0.05, 0.1) is 32.9 Å². The molecule has 0 spiro atoms. The van der Waals surface area contributed by atoms with E-state index >= 15 is 0 Å².